The van der Waals surface area contributed by atoms with Crippen molar-refractivity contribution in [1.82, 2.24) is 25.8 Å². The molecule has 1 fully saturated rings. The quantitative estimate of drug-likeness (QED) is 0.155. The molecule has 0 spiro atoms. The minimum atomic E-state index is -1.11. The molecule has 0 aromatic heterocycles. The molecule has 1 aliphatic heterocycles. The number of alkyl carbamates (subject to hydrolysis) is 1. The lowest BCUT2D eigenvalue weighted by Crippen LogP contribution is -2.59. The van der Waals surface area contributed by atoms with Gasteiger partial charge in [-0.1, -0.05) is 85.2 Å². The molecule has 0 unspecified atom stereocenters. The average Bonchev–Trinajstić information content (AvgIpc) is 3.64. The molecular formula is C40H67N5O9. The van der Waals surface area contributed by atoms with Crippen LogP contribution in [-0.4, -0.2) is 122 Å². The van der Waals surface area contributed by atoms with Gasteiger partial charge in [0.2, 0.25) is 17.7 Å². The molecule has 14 nitrogen and oxygen atoms in total. The Bertz CT molecular complexity index is 1360. The second-order valence-corrected chi connectivity index (χ2v) is 15.3. The van der Waals surface area contributed by atoms with Crippen LogP contribution in [0.15, 0.2) is 30.3 Å². The Balaban J connectivity index is 2.26. The van der Waals surface area contributed by atoms with Crippen LogP contribution in [-0.2, 0) is 33.4 Å². The van der Waals surface area contributed by atoms with E-state index in [1.165, 1.54) is 21.3 Å². The molecule has 14 heteroatoms. The number of methoxy groups -OCH3 is 2. The standard InChI is InChI=1S/C40H67N5O9/c1-13-25(6)33(44(10)39(50)32(23(2)3)43-38(49)35(24(4)5)54-40(51)41-9)30(52-11)22-31(46)45-21-17-20-29(45)36(53-12)26(7)37(48)42-27(8)34(47)28-18-15-14-16-19-28/h14-16,18-19,23-27,29-30,32-36,47H,13,17,20-22H2,1-12H3,(H,41,51)(H,42,48)(H,43,49)/t25-,26+,27+,29-,30+,32-,33-,34+,35-,36+/m0/s1. The first-order chi connectivity index (χ1) is 25.4. The lowest BCUT2D eigenvalue weighted by atomic mass is 9.89. The van der Waals surface area contributed by atoms with Gasteiger partial charge in [0, 0.05) is 34.9 Å². The lowest BCUT2D eigenvalue weighted by Gasteiger charge is -2.41. The zero-order valence-electron chi connectivity index (χ0n) is 34.5. The molecule has 2 rings (SSSR count). The van der Waals surface area contributed by atoms with Gasteiger partial charge < -0.3 is 45.1 Å². The summed E-state index contributed by atoms with van der Waals surface area (Å²) >= 11 is 0. The van der Waals surface area contributed by atoms with Crippen molar-refractivity contribution in [2.45, 2.75) is 130 Å². The second kappa shape index (κ2) is 22.0. The van der Waals surface area contributed by atoms with Gasteiger partial charge in [-0.15, -0.1) is 0 Å². The highest BCUT2D eigenvalue weighted by molar-refractivity contribution is 5.90. The molecule has 10 atom stereocenters. The molecule has 1 aromatic carbocycles. The van der Waals surface area contributed by atoms with Crippen LogP contribution in [0.25, 0.3) is 0 Å². The molecule has 1 saturated heterocycles. The van der Waals surface area contributed by atoms with Crippen molar-refractivity contribution >= 4 is 29.7 Å². The van der Waals surface area contributed by atoms with E-state index in [4.69, 9.17) is 14.2 Å². The van der Waals surface area contributed by atoms with Gasteiger partial charge in [-0.05, 0) is 43.1 Å². The third kappa shape index (κ3) is 12.1. The number of amides is 5. The molecule has 0 aliphatic carbocycles. The number of nitrogens with zero attached hydrogens (tertiary/aromatic N) is 2. The molecule has 0 saturated carbocycles. The number of hydrogen-bond donors (Lipinski definition) is 4. The fourth-order valence-corrected chi connectivity index (χ4v) is 7.31. The first kappa shape index (κ1) is 46.4. The molecular weight excluding hydrogens is 694 g/mol. The maximum absolute atomic E-state index is 14.2. The van der Waals surface area contributed by atoms with E-state index in [9.17, 15) is 29.1 Å². The molecule has 1 aromatic rings. The van der Waals surface area contributed by atoms with Crippen molar-refractivity contribution in [3.8, 4) is 0 Å². The van der Waals surface area contributed by atoms with E-state index < -0.39 is 60.5 Å². The zero-order chi connectivity index (χ0) is 40.9. The number of likely N-dealkylation sites (N-methyl/N-ethyl adjacent to an activating group) is 1. The maximum atomic E-state index is 14.2. The van der Waals surface area contributed by atoms with Crippen molar-refractivity contribution in [2.24, 2.45) is 23.7 Å². The summed E-state index contributed by atoms with van der Waals surface area (Å²) in [6.45, 7) is 15.1. The SMILES string of the molecule is CC[C@H](C)[C@@H]([C@@H](CC(=O)N1CCC[C@H]1[C@H](OC)[C@@H](C)C(=O)N[C@H](C)[C@@H](O)c1ccccc1)OC)N(C)C(=O)[C@@H](NC(=O)[C@@H](OC(=O)NC)C(C)C)C(C)C. The Morgan fingerprint density at radius 2 is 1.56 bits per heavy atom. The van der Waals surface area contributed by atoms with Gasteiger partial charge in [0.25, 0.3) is 5.91 Å². The summed E-state index contributed by atoms with van der Waals surface area (Å²) in [7, 11) is 6.12. The zero-order valence-corrected chi connectivity index (χ0v) is 34.5. The van der Waals surface area contributed by atoms with Crippen LogP contribution in [0.1, 0.15) is 92.7 Å². The van der Waals surface area contributed by atoms with E-state index in [1.54, 1.807) is 56.7 Å². The first-order valence-electron chi connectivity index (χ1n) is 19.3. The highest BCUT2D eigenvalue weighted by atomic mass is 16.6. The number of hydrogen-bond acceptors (Lipinski definition) is 9. The molecule has 1 heterocycles. The Kier molecular flexibility index (Phi) is 18.9. The molecule has 5 amide bonds. The predicted octanol–water partition coefficient (Wildman–Crippen LogP) is 3.67. The number of ether oxygens (including phenoxy) is 3. The van der Waals surface area contributed by atoms with E-state index in [1.807, 2.05) is 45.9 Å². The minimum Gasteiger partial charge on any atom is -0.436 e. The molecule has 4 N–H and O–H groups in total. The highest BCUT2D eigenvalue weighted by Gasteiger charge is 2.43. The van der Waals surface area contributed by atoms with Gasteiger partial charge in [-0.2, -0.15) is 0 Å². The normalized spacial score (nSPS) is 19.5. The molecule has 54 heavy (non-hydrogen) atoms. The number of likely N-dealkylation sites (tertiary alicyclic amines) is 1. The van der Waals surface area contributed by atoms with E-state index in [2.05, 4.69) is 16.0 Å². The van der Waals surface area contributed by atoms with Crippen molar-refractivity contribution in [3.63, 3.8) is 0 Å². The number of benzene rings is 1. The molecule has 0 bridgehead atoms. The van der Waals surface area contributed by atoms with Crippen LogP contribution >= 0.6 is 0 Å². The number of nitrogens with one attached hydrogen (secondary N) is 3. The summed E-state index contributed by atoms with van der Waals surface area (Å²) in [5, 5.41) is 18.9. The number of aliphatic hydroxyl groups is 1. The summed E-state index contributed by atoms with van der Waals surface area (Å²) in [4.78, 5) is 70.5. The smallest absolute Gasteiger partial charge is 0.407 e. The van der Waals surface area contributed by atoms with E-state index in [0.29, 0.717) is 24.9 Å². The van der Waals surface area contributed by atoms with Crippen LogP contribution in [0.2, 0.25) is 0 Å². The summed E-state index contributed by atoms with van der Waals surface area (Å²) in [6.07, 6.45) is -2.01. The molecule has 1 aliphatic rings. The van der Waals surface area contributed by atoms with Gasteiger partial charge in [0.15, 0.2) is 6.10 Å². The summed E-state index contributed by atoms with van der Waals surface area (Å²) in [5.41, 5.74) is 0.696. The first-order valence-corrected chi connectivity index (χ1v) is 19.3. The number of carbonyl (C=O) groups is 5. The summed E-state index contributed by atoms with van der Waals surface area (Å²) in [6, 6.07) is 6.73. The monoisotopic (exact) mass is 761 g/mol. The fraction of sp³-hybridized carbons (Fsp3) is 0.725. The van der Waals surface area contributed by atoms with Crippen LogP contribution in [0.5, 0.6) is 0 Å². The van der Waals surface area contributed by atoms with E-state index in [0.717, 1.165) is 6.42 Å². The predicted molar refractivity (Wildman–Crippen MR) is 206 cm³/mol. The van der Waals surface area contributed by atoms with Crippen LogP contribution < -0.4 is 16.0 Å². The Morgan fingerprint density at radius 1 is 0.926 bits per heavy atom. The van der Waals surface area contributed by atoms with Crippen molar-refractivity contribution in [2.75, 3.05) is 34.9 Å². The summed E-state index contributed by atoms with van der Waals surface area (Å²) < 4.78 is 17.2. The van der Waals surface area contributed by atoms with Gasteiger partial charge in [-0.3, -0.25) is 19.2 Å². The largest absolute Gasteiger partial charge is 0.436 e. The van der Waals surface area contributed by atoms with E-state index >= 15 is 0 Å². The third-order valence-electron chi connectivity index (χ3n) is 10.8. The van der Waals surface area contributed by atoms with Crippen LogP contribution in [0.3, 0.4) is 0 Å². The highest BCUT2D eigenvalue weighted by Crippen LogP contribution is 2.30. The Hall–Kier alpha value is -3.75. The second-order valence-electron chi connectivity index (χ2n) is 15.3. The number of aliphatic hydroxyl groups excluding tert-OH is 1. The minimum absolute atomic E-state index is 0.0228. The third-order valence-corrected chi connectivity index (χ3v) is 10.8. The van der Waals surface area contributed by atoms with Crippen molar-refractivity contribution in [1.29, 1.82) is 0 Å². The number of rotatable bonds is 20. The van der Waals surface area contributed by atoms with E-state index in [-0.39, 0.29) is 47.9 Å². The Morgan fingerprint density at radius 3 is 2.07 bits per heavy atom. The average molecular weight is 762 g/mol. The van der Waals surface area contributed by atoms with Crippen molar-refractivity contribution in [3.05, 3.63) is 35.9 Å². The lowest BCUT2D eigenvalue weighted by molar-refractivity contribution is -0.148. The topological polar surface area (TPSA) is 176 Å². The van der Waals surface area contributed by atoms with Gasteiger partial charge >= 0.3 is 6.09 Å². The summed E-state index contributed by atoms with van der Waals surface area (Å²) in [5.74, 6) is -2.77. The Labute approximate surface area is 322 Å². The number of carbonyl (C=O) groups excluding carboxylic acids is 5. The van der Waals surface area contributed by atoms with Crippen molar-refractivity contribution < 1.29 is 43.3 Å². The fourth-order valence-electron chi connectivity index (χ4n) is 7.31. The van der Waals surface area contributed by atoms with Gasteiger partial charge in [0.05, 0.1) is 48.8 Å². The van der Waals surface area contributed by atoms with Crippen LogP contribution in [0.4, 0.5) is 4.79 Å². The maximum Gasteiger partial charge on any atom is 0.407 e. The molecule has 306 valence electrons. The van der Waals surface area contributed by atoms with Gasteiger partial charge in [-0.25, -0.2) is 4.79 Å². The van der Waals surface area contributed by atoms with Crippen LogP contribution in [0, 0.1) is 23.7 Å². The molecule has 0 radical (unpaired) electrons. The van der Waals surface area contributed by atoms with Gasteiger partial charge in [0.1, 0.15) is 6.04 Å².